The second kappa shape index (κ2) is 5.69. The molecule has 0 spiro atoms. The van der Waals surface area contributed by atoms with E-state index in [2.05, 4.69) is 30.4 Å². The molecule has 1 aromatic carbocycles. The summed E-state index contributed by atoms with van der Waals surface area (Å²) in [4.78, 5) is 15.5. The van der Waals surface area contributed by atoms with Crippen LogP contribution >= 0.6 is 11.6 Å². The smallest absolute Gasteiger partial charge is 0.226 e. The van der Waals surface area contributed by atoms with Crippen molar-refractivity contribution in [3.05, 3.63) is 59.9 Å². The van der Waals surface area contributed by atoms with E-state index in [1.165, 1.54) is 0 Å². The number of rotatable bonds is 4. The Balaban J connectivity index is 1.66. The lowest BCUT2D eigenvalue weighted by Crippen LogP contribution is -2.07. The minimum atomic E-state index is 0.171. The number of fused-ring (bicyclic) bond motifs is 1. The van der Waals surface area contributed by atoms with Crippen molar-refractivity contribution in [2.24, 2.45) is 0 Å². The van der Waals surface area contributed by atoms with Crippen molar-refractivity contribution in [3.8, 4) is 5.69 Å². The molecule has 0 bridgehead atoms. The SMILES string of the molecule is Clc1nc(NCc2ccccc2-n2cccn2)c2nc[nH]c2n1. The monoisotopic (exact) mass is 325 g/mol. The van der Waals surface area contributed by atoms with Crippen LogP contribution in [0.2, 0.25) is 5.28 Å². The highest BCUT2D eigenvalue weighted by Gasteiger charge is 2.10. The number of para-hydroxylation sites is 1. The van der Waals surface area contributed by atoms with Gasteiger partial charge in [-0.15, -0.1) is 0 Å². The van der Waals surface area contributed by atoms with Crippen LogP contribution in [0.3, 0.4) is 0 Å². The summed E-state index contributed by atoms with van der Waals surface area (Å²) in [6.07, 6.45) is 5.23. The second-order valence-electron chi connectivity index (χ2n) is 4.87. The minimum absolute atomic E-state index is 0.171. The maximum Gasteiger partial charge on any atom is 0.226 e. The fourth-order valence-corrected chi connectivity index (χ4v) is 2.57. The summed E-state index contributed by atoms with van der Waals surface area (Å²) in [6, 6.07) is 9.91. The zero-order chi connectivity index (χ0) is 15.6. The first-order valence-corrected chi connectivity index (χ1v) is 7.37. The van der Waals surface area contributed by atoms with Crippen LogP contribution in [-0.2, 0) is 6.54 Å². The first-order valence-electron chi connectivity index (χ1n) is 7.00. The Morgan fingerprint density at radius 2 is 2.09 bits per heavy atom. The molecule has 3 heterocycles. The molecule has 0 atom stereocenters. The second-order valence-corrected chi connectivity index (χ2v) is 5.21. The first-order chi connectivity index (χ1) is 11.3. The Hall–Kier alpha value is -2.93. The Bertz CT molecular complexity index is 946. The van der Waals surface area contributed by atoms with E-state index in [1.54, 1.807) is 12.5 Å². The van der Waals surface area contributed by atoms with E-state index in [-0.39, 0.29) is 5.28 Å². The molecule has 0 amide bonds. The molecule has 0 saturated heterocycles. The van der Waals surface area contributed by atoms with Gasteiger partial charge in [0.2, 0.25) is 5.28 Å². The summed E-state index contributed by atoms with van der Waals surface area (Å²) >= 11 is 5.95. The van der Waals surface area contributed by atoms with E-state index >= 15 is 0 Å². The number of hydrogen-bond acceptors (Lipinski definition) is 5. The molecule has 0 unspecified atom stereocenters. The fourth-order valence-electron chi connectivity index (χ4n) is 2.41. The zero-order valence-corrected chi connectivity index (χ0v) is 12.7. The van der Waals surface area contributed by atoms with Gasteiger partial charge in [0.05, 0.1) is 12.0 Å². The zero-order valence-electron chi connectivity index (χ0n) is 11.9. The number of nitrogens with one attached hydrogen (secondary N) is 2. The number of aromatic nitrogens is 6. The van der Waals surface area contributed by atoms with E-state index in [4.69, 9.17) is 11.6 Å². The van der Waals surface area contributed by atoms with Gasteiger partial charge in [-0.05, 0) is 29.3 Å². The average molecular weight is 326 g/mol. The number of nitrogens with zero attached hydrogens (tertiary/aromatic N) is 5. The molecule has 7 nitrogen and oxygen atoms in total. The maximum absolute atomic E-state index is 5.95. The summed E-state index contributed by atoms with van der Waals surface area (Å²) in [6.45, 7) is 0.561. The van der Waals surface area contributed by atoms with Crippen LogP contribution in [0.1, 0.15) is 5.56 Å². The van der Waals surface area contributed by atoms with Gasteiger partial charge in [0.15, 0.2) is 11.5 Å². The largest absolute Gasteiger partial charge is 0.364 e. The third kappa shape index (κ3) is 2.62. The predicted octanol–water partition coefficient (Wildman–Crippen LogP) is 2.80. The molecule has 2 N–H and O–H groups in total. The highest BCUT2D eigenvalue weighted by atomic mass is 35.5. The van der Waals surface area contributed by atoms with Crippen molar-refractivity contribution in [1.82, 2.24) is 29.7 Å². The minimum Gasteiger partial charge on any atom is -0.364 e. The lowest BCUT2D eigenvalue weighted by Gasteiger charge is -2.11. The number of anilines is 1. The van der Waals surface area contributed by atoms with Crippen molar-refractivity contribution in [3.63, 3.8) is 0 Å². The van der Waals surface area contributed by atoms with E-state index < -0.39 is 0 Å². The van der Waals surface area contributed by atoms with E-state index in [0.717, 1.165) is 11.3 Å². The van der Waals surface area contributed by atoms with Gasteiger partial charge in [0, 0.05) is 18.9 Å². The summed E-state index contributed by atoms with van der Waals surface area (Å²) < 4.78 is 1.83. The van der Waals surface area contributed by atoms with Crippen molar-refractivity contribution in [2.75, 3.05) is 5.32 Å². The number of aromatic amines is 1. The summed E-state index contributed by atoms with van der Waals surface area (Å²) in [5.41, 5.74) is 3.34. The van der Waals surface area contributed by atoms with Crippen molar-refractivity contribution >= 4 is 28.6 Å². The molecule has 0 fully saturated rings. The highest BCUT2D eigenvalue weighted by Crippen LogP contribution is 2.20. The van der Waals surface area contributed by atoms with Crippen LogP contribution in [0.25, 0.3) is 16.9 Å². The lowest BCUT2D eigenvalue weighted by molar-refractivity contribution is 0.863. The lowest BCUT2D eigenvalue weighted by atomic mass is 10.2. The number of hydrogen-bond donors (Lipinski definition) is 2. The summed E-state index contributed by atoms with van der Waals surface area (Å²) in [5.74, 6) is 0.594. The molecule has 0 radical (unpaired) electrons. The van der Waals surface area contributed by atoms with Gasteiger partial charge in [-0.3, -0.25) is 0 Å². The number of halogens is 1. The fraction of sp³-hybridized carbons (Fsp3) is 0.0667. The molecule has 23 heavy (non-hydrogen) atoms. The molecule has 0 aliphatic carbocycles. The molecule has 0 saturated carbocycles. The first kappa shape index (κ1) is 13.7. The van der Waals surface area contributed by atoms with Gasteiger partial charge in [-0.25, -0.2) is 9.67 Å². The maximum atomic E-state index is 5.95. The Morgan fingerprint density at radius 3 is 2.96 bits per heavy atom. The van der Waals surface area contributed by atoms with Crippen molar-refractivity contribution in [1.29, 1.82) is 0 Å². The Morgan fingerprint density at radius 1 is 1.17 bits per heavy atom. The topological polar surface area (TPSA) is 84.3 Å². The van der Waals surface area contributed by atoms with Crippen LogP contribution in [0, 0.1) is 0 Å². The molecule has 0 aliphatic rings. The average Bonchev–Trinajstić information content (AvgIpc) is 3.24. The molecule has 3 aromatic heterocycles. The molecule has 0 aliphatic heterocycles. The van der Waals surface area contributed by atoms with E-state index in [9.17, 15) is 0 Å². The molecule has 4 aromatic rings. The van der Waals surface area contributed by atoms with Crippen LogP contribution in [0.5, 0.6) is 0 Å². The Labute approximate surface area is 136 Å². The number of benzene rings is 1. The molecular weight excluding hydrogens is 314 g/mol. The van der Waals surface area contributed by atoms with Crippen LogP contribution < -0.4 is 5.32 Å². The van der Waals surface area contributed by atoms with Crippen LogP contribution in [-0.4, -0.2) is 29.7 Å². The number of imidazole rings is 1. The van der Waals surface area contributed by atoms with Gasteiger partial charge in [0.25, 0.3) is 0 Å². The van der Waals surface area contributed by atoms with Gasteiger partial charge in [0.1, 0.15) is 5.52 Å². The van der Waals surface area contributed by atoms with Gasteiger partial charge in [-0.1, -0.05) is 18.2 Å². The van der Waals surface area contributed by atoms with Crippen LogP contribution in [0.15, 0.2) is 49.1 Å². The van der Waals surface area contributed by atoms with Crippen molar-refractivity contribution in [2.45, 2.75) is 6.54 Å². The van der Waals surface area contributed by atoms with Gasteiger partial charge >= 0.3 is 0 Å². The van der Waals surface area contributed by atoms with Crippen LogP contribution in [0.4, 0.5) is 5.82 Å². The molecular formula is C15H12ClN7. The molecule has 114 valence electrons. The summed E-state index contributed by atoms with van der Waals surface area (Å²) in [7, 11) is 0. The van der Waals surface area contributed by atoms with E-state index in [0.29, 0.717) is 23.5 Å². The Kier molecular flexibility index (Phi) is 3.39. The van der Waals surface area contributed by atoms with E-state index in [1.807, 2.05) is 41.2 Å². The third-order valence-electron chi connectivity index (χ3n) is 3.44. The standard InChI is InChI=1S/C15H12ClN7/c16-15-21-13(12-14(22-15)19-9-18-12)17-8-10-4-1-2-5-11(10)23-7-3-6-20-23/h1-7,9H,8H2,(H2,17,18,19,21,22). The third-order valence-corrected chi connectivity index (χ3v) is 3.61. The van der Waals surface area contributed by atoms with Gasteiger partial charge in [-0.2, -0.15) is 15.1 Å². The van der Waals surface area contributed by atoms with Gasteiger partial charge < -0.3 is 10.3 Å². The normalized spacial score (nSPS) is 11.0. The predicted molar refractivity (Wildman–Crippen MR) is 87.6 cm³/mol. The number of H-pyrrole nitrogens is 1. The van der Waals surface area contributed by atoms with Crippen molar-refractivity contribution < 1.29 is 0 Å². The highest BCUT2D eigenvalue weighted by molar-refractivity contribution is 6.28. The quantitative estimate of drug-likeness (QED) is 0.564. The molecule has 8 heteroatoms. The summed E-state index contributed by atoms with van der Waals surface area (Å²) in [5, 5.41) is 7.73. The molecule has 4 rings (SSSR count).